The SMILES string of the molecule is CC1=NNC2NC=NC(=N)C12. The van der Waals surface area contributed by atoms with Crippen molar-refractivity contribution in [3.63, 3.8) is 0 Å². The van der Waals surface area contributed by atoms with Crippen molar-refractivity contribution in [2.45, 2.75) is 13.1 Å². The van der Waals surface area contributed by atoms with Crippen LogP contribution in [-0.4, -0.2) is 24.1 Å². The molecule has 0 amide bonds. The first-order valence-corrected chi connectivity index (χ1v) is 3.46. The summed E-state index contributed by atoms with van der Waals surface area (Å²) in [7, 11) is 0. The summed E-state index contributed by atoms with van der Waals surface area (Å²) in [4.78, 5) is 3.85. The molecule has 5 heteroatoms. The van der Waals surface area contributed by atoms with Gasteiger partial charge in [0.15, 0.2) is 0 Å². The third-order valence-corrected chi connectivity index (χ3v) is 1.92. The van der Waals surface area contributed by atoms with Gasteiger partial charge in [0.25, 0.3) is 0 Å². The van der Waals surface area contributed by atoms with E-state index in [0.29, 0.717) is 5.84 Å². The highest BCUT2D eigenvalue weighted by Gasteiger charge is 2.33. The predicted octanol–water partition coefficient (Wildman–Crippen LogP) is -0.483. The smallest absolute Gasteiger partial charge is 0.135 e. The number of nitrogens with zero attached hydrogens (tertiary/aromatic N) is 2. The van der Waals surface area contributed by atoms with Crippen molar-refractivity contribution in [1.82, 2.24) is 10.7 Å². The van der Waals surface area contributed by atoms with Gasteiger partial charge in [-0.05, 0) is 6.92 Å². The molecule has 2 rings (SSSR count). The van der Waals surface area contributed by atoms with Gasteiger partial charge in [0.1, 0.15) is 12.0 Å². The topological polar surface area (TPSA) is 72.6 Å². The Balaban J connectivity index is 2.30. The van der Waals surface area contributed by atoms with Gasteiger partial charge < -0.3 is 5.32 Å². The van der Waals surface area contributed by atoms with Gasteiger partial charge in [-0.2, -0.15) is 5.10 Å². The Bertz CT molecular complexity index is 254. The quantitative estimate of drug-likeness (QED) is 0.437. The Kier molecular flexibility index (Phi) is 1.18. The van der Waals surface area contributed by atoms with Crippen LogP contribution in [0, 0.1) is 11.3 Å². The zero-order valence-electron chi connectivity index (χ0n) is 6.13. The minimum Gasteiger partial charge on any atom is -0.354 e. The summed E-state index contributed by atoms with van der Waals surface area (Å²) in [6.07, 6.45) is 1.57. The second-order valence-corrected chi connectivity index (χ2v) is 2.65. The Morgan fingerprint density at radius 3 is 3.18 bits per heavy atom. The fraction of sp³-hybridized carbons (Fsp3) is 0.500. The molecule has 0 aromatic rings. The van der Waals surface area contributed by atoms with E-state index < -0.39 is 0 Å². The lowest BCUT2D eigenvalue weighted by atomic mass is 10.0. The summed E-state index contributed by atoms with van der Waals surface area (Å²) >= 11 is 0. The molecule has 0 saturated carbocycles. The summed E-state index contributed by atoms with van der Waals surface area (Å²) in [6.45, 7) is 1.90. The lowest BCUT2D eigenvalue weighted by Gasteiger charge is -2.21. The van der Waals surface area contributed by atoms with Crippen LogP contribution < -0.4 is 10.7 Å². The van der Waals surface area contributed by atoms with Crippen LogP contribution in [-0.2, 0) is 0 Å². The lowest BCUT2D eigenvalue weighted by Crippen LogP contribution is -2.48. The fourth-order valence-corrected chi connectivity index (χ4v) is 1.31. The first-order valence-electron chi connectivity index (χ1n) is 3.46. The van der Waals surface area contributed by atoms with E-state index in [-0.39, 0.29) is 12.1 Å². The summed E-state index contributed by atoms with van der Waals surface area (Å²) in [5, 5.41) is 14.5. The van der Waals surface area contributed by atoms with Crippen molar-refractivity contribution in [3.05, 3.63) is 0 Å². The van der Waals surface area contributed by atoms with E-state index in [1.54, 1.807) is 0 Å². The number of aliphatic imine (C=N–C) groups is 1. The predicted molar refractivity (Wildman–Crippen MR) is 42.9 cm³/mol. The van der Waals surface area contributed by atoms with E-state index >= 15 is 0 Å². The third kappa shape index (κ3) is 0.806. The highest BCUT2D eigenvalue weighted by Crippen LogP contribution is 2.14. The monoisotopic (exact) mass is 151 g/mol. The number of amidine groups is 1. The van der Waals surface area contributed by atoms with Gasteiger partial charge in [0.05, 0.1) is 12.3 Å². The van der Waals surface area contributed by atoms with Crippen molar-refractivity contribution in [3.8, 4) is 0 Å². The number of hydrogen-bond acceptors (Lipinski definition) is 4. The highest BCUT2D eigenvalue weighted by molar-refractivity contribution is 6.09. The number of hydrogen-bond donors (Lipinski definition) is 3. The van der Waals surface area contributed by atoms with Crippen LogP contribution in [0.15, 0.2) is 10.1 Å². The molecule has 58 valence electrons. The average molecular weight is 151 g/mol. The van der Waals surface area contributed by atoms with Gasteiger partial charge in [-0.15, -0.1) is 0 Å². The van der Waals surface area contributed by atoms with Crippen molar-refractivity contribution in [1.29, 1.82) is 5.41 Å². The molecule has 0 spiro atoms. The molecule has 0 saturated heterocycles. The zero-order chi connectivity index (χ0) is 7.84. The maximum atomic E-state index is 7.49. The number of hydrazone groups is 1. The lowest BCUT2D eigenvalue weighted by molar-refractivity contribution is 0.505. The largest absolute Gasteiger partial charge is 0.354 e. The molecule has 0 radical (unpaired) electrons. The highest BCUT2D eigenvalue weighted by atomic mass is 15.4. The van der Waals surface area contributed by atoms with Gasteiger partial charge in [0, 0.05) is 5.71 Å². The molecule has 3 N–H and O–H groups in total. The third-order valence-electron chi connectivity index (χ3n) is 1.92. The molecular formula is C6H9N5. The normalized spacial score (nSPS) is 33.9. The molecule has 11 heavy (non-hydrogen) atoms. The second kappa shape index (κ2) is 2.05. The summed E-state index contributed by atoms with van der Waals surface area (Å²) in [6, 6.07) is 0. The van der Waals surface area contributed by atoms with Gasteiger partial charge in [-0.1, -0.05) is 0 Å². The van der Waals surface area contributed by atoms with Crippen LogP contribution in [0.4, 0.5) is 0 Å². The molecule has 2 heterocycles. The Labute approximate surface area is 64.1 Å². The standard InChI is InChI=1S/C6H9N5/c1-3-4-5(7)8-2-9-6(4)11-10-3/h2,4,6,11H,1H3,(H2,7,8,9). The van der Waals surface area contributed by atoms with Gasteiger partial charge in [0.2, 0.25) is 0 Å². The molecule has 0 fully saturated rings. The van der Waals surface area contributed by atoms with Gasteiger partial charge in [-0.25, -0.2) is 4.99 Å². The first-order chi connectivity index (χ1) is 5.29. The summed E-state index contributed by atoms with van der Waals surface area (Å²) in [5.74, 6) is 0.389. The van der Waals surface area contributed by atoms with Crippen LogP contribution in [0.3, 0.4) is 0 Å². The van der Waals surface area contributed by atoms with Crippen molar-refractivity contribution >= 4 is 17.9 Å². The summed E-state index contributed by atoms with van der Waals surface area (Å²) in [5.41, 5.74) is 3.80. The van der Waals surface area contributed by atoms with Crippen LogP contribution in [0.25, 0.3) is 0 Å². The van der Waals surface area contributed by atoms with E-state index in [1.165, 1.54) is 6.34 Å². The molecule has 0 aromatic carbocycles. The van der Waals surface area contributed by atoms with E-state index in [2.05, 4.69) is 20.8 Å². The average Bonchev–Trinajstić information content (AvgIpc) is 2.34. The van der Waals surface area contributed by atoms with E-state index in [1.807, 2.05) is 6.92 Å². The van der Waals surface area contributed by atoms with Gasteiger partial charge in [-0.3, -0.25) is 10.8 Å². The van der Waals surface area contributed by atoms with Crippen LogP contribution in [0.1, 0.15) is 6.92 Å². The molecule has 2 aliphatic rings. The molecule has 0 aliphatic carbocycles. The van der Waals surface area contributed by atoms with Gasteiger partial charge >= 0.3 is 0 Å². The van der Waals surface area contributed by atoms with E-state index in [9.17, 15) is 0 Å². The van der Waals surface area contributed by atoms with Crippen LogP contribution in [0.5, 0.6) is 0 Å². The van der Waals surface area contributed by atoms with E-state index in [4.69, 9.17) is 5.41 Å². The number of nitrogens with one attached hydrogen (secondary N) is 3. The first kappa shape index (κ1) is 6.33. The zero-order valence-corrected chi connectivity index (χ0v) is 6.13. The molecular weight excluding hydrogens is 142 g/mol. The molecule has 5 nitrogen and oxygen atoms in total. The molecule has 0 bridgehead atoms. The number of rotatable bonds is 0. The van der Waals surface area contributed by atoms with Crippen molar-refractivity contribution in [2.24, 2.45) is 16.0 Å². The fourth-order valence-electron chi connectivity index (χ4n) is 1.31. The minimum absolute atomic E-state index is 0.0139. The van der Waals surface area contributed by atoms with Crippen LogP contribution >= 0.6 is 0 Å². The molecule has 2 aliphatic heterocycles. The molecule has 2 atom stereocenters. The summed E-state index contributed by atoms with van der Waals surface area (Å²) < 4.78 is 0. The Morgan fingerprint density at radius 1 is 1.64 bits per heavy atom. The Morgan fingerprint density at radius 2 is 2.45 bits per heavy atom. The molecule has 0 aromatic heterocycles. The molecule has 2 unspecified atom stereocenters. The second-order valence-electron chi connectivity index (χ2n) is 2.65. The Hall–Kier alpha value is -1.39. The minimum atomic E-state index is 0.0139. The maximum Gasteiger partial charge on any atom is 0.135 e. The van der Waals surface area contributed by atoms with Crippen molar-refractivity contribution in [2.75, 3.05) is 0 Å². The van der Waals surface area contributed by atoms with Crippen molar-refractivity contribution < 1.29 is 0 Å². The number of fused-ring (bicyclic) bond motifs is 1. The van der Waals surface area contributed by atoms with Crippen LogP contribution in [0.2, 0.25) is 0 Å². The van der Waals surface area contributed by atoms with E-state index in [0.717, 1.165) is 5.71 Å². The maximum absolute atomic E-state index is 7.49.